The van der Waals surface area contributed by atoms with Crippen LogP contribution in [0.15, 0.2) is 23.8 Å². The minimum Gasteiger partial charge on any atom is -0.319 e. The van der Waals surface area contributed by atoms with Crippen molar-refractivity contribution in [2.24, 2.45) is 0 Å². The molecule has 0 aliphatic carbocycles. The van der Waals surface area contributed by atoms with E-state index in [0.29, 0.717) is 27.5 Å². The van der Waals surface area contributed by atoms with E-state index in [4.69, 9.17) is 11.6 Å². The Bertz CT molecular complexity index is 764. The van der Waals surface area contributed by atoms with Gasteiger partial charge in [0.2, 0.25) is 0 Å². The summed E-state index contributed by atoms with van der Waals surface area (Å²) in [6.45, 7) is 1.78. The number of carbonyl (C=O) groups excluding carboxylic acids is 1. The number of hydrogen-bond donors (Lipinski definition) is 2. The van der Waals surface area contributed by atoms with Crippen molar-refractivity contribution in [2.75, 3.05) is 5.32 Å². The zero-order chi connectivity index (χ0) is 13.4. The van der Waals surface area contributed by atoms with Gasteiger partial charge in [-0.2, -0.15) is 5.10 Å². The number of halogens is 1. The zero-order valence-corrected chi connectivity index (χ0v) is 11.5. The molecule has 0 saturated heterocycles. The van der Waals surface area contributed by atoms with Gasteiger partial charge in [-0.3, -0.25) is 9.89 Å². The van der Waals surface area contributed by atoms with E-state index in [1.807, 2.05) is 6.07 Å². The normalized spacial score (nSPS) is 10.8. The predicted octanol–water partition coefficient (Wildman–Crippen LogP) is 3.23. The summed E-state index contributed by atoms with van der Waals surface area (Å²) in [6.07, 6.45) is 1.49. The second-order valence-corrected chi connectivity index (χ2v) is 5.28. The van der Waals surface area contributed by atoms with Gasteiger partial charge in [0.05, 0.1) is 32.7 Å². The summed E-state index contributed by atoms with van der Waals surface area (Å²) < 4.78 is 0.976. The molecule has 3 rings (SSSR count). The number of nitrogens with one attached hydrogen (secondary N) is 2. The molecule has 7 heteroatoms. The second kappa shape index (κ2) is 4.64. The Balaban J connectivity index is 2.02. The molecule has 0 unspecified atom stereocenters. The monoisotopic (exact) mass is 292 g/mol. The van der Waals surface area contributed by atoms with Crippen molar-refractivity contribution >= 4 is 44.7 Å². The third-order valence-corrected chi connectivity index (χ3v) is 3.87. The maximum atomic E-state index is 12.2. The fraction of sp³-hybridized carbons (Fsp3) is 0.0833. The number of thiazole rings is 1. The summed E-state index contributed by atoms with van der Waals surface area (Å²) in [5.74, 6) is -0.256. The Hall–Kier alpha value is -1.92. The molecular weight excluding hydrogens is 284 g/mol. The first-order chi connectivity index (χ1) is 9.16. The van der Waals surface area contributed by atoms with Crippen LogP contribution in [0.4, 0.5) is 5.69 Å². The van der Waals surface area contributed by atoms with Crippen molar-refractivity contribution in [3.8, 4) is 0 Å². The third-order valence-electron chi connectivity index (χ3n) is 2.76. The lowest BCUT2D eigenvalue weighted by molar-refractivity contribution is 0.102. The molecule has 0 fully saturated rings. The van der Waals surface area contributed by atoms with Gasteiger partial charge in [-0.25, -0.2) is 4.98 Å². The van der Waals surface area contributed by atoms with Crippen LogP contribution in [0.5, 0.6) is 0 Å². The molecule has 0 atom stereocenters. The van der Waals surface area contributed by atoms with Gasteiger partial charge < -0.3 is 5.32 Å². The lowest BCUT2D eigenvalue weighted by atomic mass is 10.2. The lowest BCUT2D eigenvalue weighted by Gasteiger charge is -2.07. The Morgan fingerprint density at radius 3 is 3.05 bits per heavy atom. The summed E-state index contributed by atoms with van der Waals surface area (Å²) in [6, 6.07) is 3.63. The van der Waals surface area contributed by atoms with Crippen LogP contribution in [-0.2, 0) is 0 Å². The number of hydrogen-bond acceptors (Lipinski definition) is 4. The molecular formula is C12H9ClN4OS. The van der Waals surface area contributed by atoms with Gasteiger partial charge in [-0.05, 0) is 19.1 Å². The molecule has 0 bridgehead atoms. The number of anilines is 1. The van der Waals surface area contributed by atoms with E-state index in [1.165, 1.54) is 17.5 Å². The number of nitrogens with zero attached hydrogens (tertiary/aromatic N) is 2. The molecule has 1 amide bonds. The van der Waals surface area contributed by atoms with Gasteiger partial charge in [-0.1, -0.05) is 11.6 Å². The highest BCUT2D eigenvalue weighted by molar-refractivity contribution is 7.16. The number of fused-ring (bicyclic) bond motifs is 1. The SMILES string of the molecule is Cc1[nH]ncc1C(=O)Nc1c(Cl)ccc2scnc12. The maximum Gasteiger partial charge on any atom is 0.259 e. The number of benzene rings is 1. The van der Waals surface area contributed by atoms with Crippen molar-refractivity contribution in [3.05, 3.63) is 40.1 Å². The highest BCUT2D eigenvalue weighted by Crippen LogP contribution is 2.32. The van der Waals surface area contributed by atoms with Crippen LogP contribution in [0, 0.1) is 6.92 Å². The van der Waals surface area contributed by atoms with Crippen molar-refractivity contribution in [2.45, 2.75) is 6.92 Å². The predicted molar refractivity (Wildman–Crippen MR) is 75.9 cm³/mol. The third kappa shape index (κ3) is 2.09. The molecule has 0 saturated carbocycles. The van der Waals surface area contributed by atoms with Crippen LogP contribution in [-0.4, -0.2) is 21.1 Å². The first-order valence-electron chi connectivity index (χ1n) is 5.50. The Morgan fingerprint density at radius 2 is 2.32 bits per heavy atom. The first kappa shape index (κ1) is 12.1. The number of aromatic nitrogens is 3. The summed E-state index contributed by atoms with van der Waals surface area (Å²) in [4.78, 5) is 16.4. The number of amides is 1. The molecule has 2 heterocycles. The van der Waals surface area contributed by atoms with E-state index in [-0.39, 0.29) is 5.91 Å². The Morgan fingerprint density at radius 1 is 1.47 bits per heavy atom. The van der Waals surface area contributed by atoms with Crippen molar-refractivity contribution in [1.29, 1.82) is 0 Å². The quantitative estimate of drug-likeness (QED) is 0.762. The summed E-state index contributed by atoms with van der Waals surface area (Å²) in [7, 11) is 0. The highest BCUT2D eigenvalue weighted by Gasteiger charge is 2.15. The summed E-state index contributed by atoms with van der Waals surface area (Å²) in [5.41, 5.74) is 4.15. The van der Waals surface area contributed by atoms with Crippen LogP contribution < -0.4 is 5.32 Å². The van der Waals surface area contributed by atoms with E-state index in [1.54, 1.807) is 18.5 Å². The van der Waals surface area contributed by atoms with Gasteiger partial charge in [0.25, 0.3) is 5.91 Å². The number of H-pyrrole nitrogens is 1. The Labute approximate surface area is 117 Å². The largest absolute Gasteiger partial charge is 0.319 e. The van der Waals surface area contributed by atoms with Crippen LogP contribution in [0.25, 0.3) is 10.2 Å². The average molecular weight is 293 g/mol. The van der Waals surface area contributed by atoms with E-state index < -0.39 is 0 Å². The minimum atomic E-state index is -0.256. The van der Waals surface area contributed by atoms with E-state index in [9.17, 15) is 4.79 Å². The van der Waals surface area contributed by atoms with Gasteiger partial charge in [0.1, 0.15) is 5.52 Å². The topological polar surface area (TPSA) is 70.7 Å². The standard InChI is InChI=1S/C12H9ClN4OS/c1-6-7(4-15-17-6)12(18)16-10-8(13)2-3-9-11(10)14-5-19-9/h2-5H,1H3,(H,15,17)(H,16,18). The molecule has 0 aliphatic heterocycles. The number of aryl methyl sites for hydroxylation is 1. The minimum absolute atomic E-state index is 0.256. The molecule has 0 aliphatic rings. The molecule has 1 aromatic carbocycles. The molecule has 2 aromatic heterocycles. The molecule has 96 valence electrons. The number of aromatic amines is 1. The summed E-state index contributed by atoms with van der Waals surface area (Å²) >= 11 is 7.63. The van der Waals surface area contributed by atoms with Gasteiger partial charge in [0, 0.05) is 5.69 Å². The Kier molecular flexibility index (Phi) is 2.96. The van der Waals surface area contributed by atoms with Gasteiger partial charge in [-0.15, -0.1) is 11.3 Å². The number of carbonyl (C=O) groups is 1. The van der Waals surface area contributed by atoms with Crippen LogP contribution >= 0.6 is 22.9 Å². The zero-order valence-electron chi connectivity index (χ0n) is 9.90. The molecule has 3 aromatic rings. The van der Waals surface area contributed by atoms with Gasteiger partial charge in [0.15, 0.2) is 0 Å². The van der Waals surface area contributed by atoms with Crippen LogP contribution in [0.2, 0.25) is 5.02 Å². The van der Waals surface area contributed by atoms with Gasteiger partial charge >= 0.3 is 0 Å². The summed E-state index contributed by atoms with van der Waals surface area (Å²) in [5, 5.41) is 9.81. The van der Waals surface area contributed by atoms with Crippen LogP contribution in [0.3, 0.4) is 0 Å². The molecule has 2 N–H and O–H groups in total. The van der Waals surface area contributed by atoms with Crippen LogP contribution in [0.1, 0.15) is 16.1 Å². The fourth-order valence-electron chi connectivity index (χ4n) is 1.79. The maximum absolute atomic E-state index is 12.2. The molecule has 0 radical (unpaired) electrons. The highest BCUT2D eigenvalue weighted by atomic mass is 35.5. The fourth-order valence-corrected chi connectivity index (χ4v) is 2.67. The second-order valence-electron chi connectivity index (χ2n) is 3.98. The molecule has 5 nitrogen and oxygen atoms in total. The van der Waals surface area contributed by atoms with Crippen molar-refractivity contribution < 1.29 is 4.79 Å². The van der Waals surface area contributed by atoms with Crippen molar-refractivity contribution in [1.82, 2.24) is 15.2 Å². The average Bonchev–Trinajstić information content (AvgIpc) is 3.01. The molecule has 0 spiro atoms. The van der Waals surface area contributed by atoms with E-state index in [2.05, 4.69) is 20.5 Å². The first-order valence-corrected chi connectivity index (χ1v) is 6.75. The smallest absolute Gasteiger partial charge is 0.259 e. The van der Waals surface area contributed by atoms with E-state index in [0.717, 1.165) is 4.70 Å². The lowest BCUT2D eigenvalue weighted by Crippen LogP contribution is -2.13. The molecule has 19 heavy (non-hydrogen) atoms. The van der Waals surface area contributed by atoms with E-state index >= 15 is 0 Å². The number of rotatable bonds is 2. The van der Waals surface area contributed by atoms with Crippen molar-refractivity contribution in [3.63, 3.8) is 0 Å².